The molecule has 1 unspecified atom stereocenters. The Kier molecular flexibility index (Phi) is 6.44. The van der Waals surface area contributed by atoms with Crippen LogP contribution < -0.4 is 0 Å². The third-order valence-electron chi connectivity index (χ3n) is 5.79. The molecule has 4 bridgehead atoms. The Morgan fingerprint density at radius 3 is 2.00 bits per heavy atom. The molecule has 0 aromatic rings. The maximum absolute atomic E-state index is 13.1. The Hall–Kier alpha value is 0.690. The van der Waals surface area contributed by atoms with Gasteiger partial charge in [0.1, 0.15) is 6.61 Å². The van der Waals surface area contributed by atoms with Crippen molar-refractivity contribution in [3.8, 4) is 0 Å². The monoisotopic (exact) mass is 377 g/mol. The van der Waals surface area contributed by atoms with Gasteiger partial charge in [0.15, 0.2) is 0 Å². The van der Waals surface area contributed by atoms with Gasteiger partial charge in [-0.3, -0.25) is 4.55 Å². The SMILES string of the molecule is O=S(=O)(O)C(F)(F)COCC(O)CC12CC3CC(CC(C3)C1)C2.[Na]. The molecule has 9 heteroatoms. The van der Waals surface area contributed by atoms with Crippen LogP contribution in [0.1, 0.15) is 44.9 Å². The number of aliphatic hydroxyl groups is 1. The molecule has 0 heterocycles. The van der Waals surface area contributed by atoms with E-state index in [0.29, 0.717) is 6.42 Å². The maximum atomic E-state index is 13.1. The summed E-state index contributed by atoms with van der Waals surface area (Å²) in [6.45, 7) is -1.78. The molecule has 0 amide bonds. The van der Waals surface area contributed by atoms with Crippen molar-refractivity contribution in [2.75, 3.05) is 13.2 Å². The van der Waals surface area contributed by atoms with Crippen molar-refractivity contribution in [1.29, 1.82) is 0 Å². The van der Waals surface area contributed by atoms with Crippen LogP contribution >= 0.6 is 0 Å². The van der Waals surface area contributed by atoms with E-state index in [1.807, 2.05) is 0 Å². The van der Waals surface area contributed by atoms with Crippen LogP contribution in [0.25, 0.3) is 0 Å². The van der Waals surface area contributed by atoms with Crippen molar-refractivity contribution in [3.63, 3.8) is 0 Å². The van der Waals surface area contributed by atoms with E-state index in [1.165, 1.54) is 19.3 Å². The molecule has 4 fully saturated rings. The zero-order chi connectivity index (χ0) is 16.9. The summed E-state index contributed by atoms with van der Waals surface area (Å²) in [5.41, 5.74) is 0.100. The summed E-state index contributed by atoms with van der Waals surface area (Å²) in [6, 6.07) is 0. The standard InChI is InChI=1S/C15H24F2O5S.Na/c16-15(17,23(19,20)21)9-22-8-13(18)7-14-4-10-1-11(5-14)3-12(2-10)6-14;/h10-13,18H,1-9H2,(H,19,20,21);. The molecule has 24 heavy (non-hydrogen) atoms. The zero-order valence-corrected chi connectivity index (χ0v) is 16.8. The van der Waals surface area contributed by atoms with Gasteiger partial charge in [0.2, 0.25) is 0 Å². The fourth-order valence-electron chi connectivity index (χ4n) is 5.49. The van der Waals surface area contributed by atoms with Crippen molar-refractivity contribution in [2.24, 2.45) is 23.2 Å². The second-order valence-corrected chi connectivity index (χ2v) is 9.45. The maximum Gasteiger partial charge on any atom is 0.392 e. The number of aliphatic hydroxyl groups excluding tert-OH is 1. The van der Waals surface area contributed by atoms with E-state index >= 15 is 0 Å². The largest absolute Gasteiger partial charge is 0.392 e. The summed E-state index contributed by atoms with van der Waals surface area (Å²) in [4.78, 5) is 0. The number of hydrogen-bond acceptors (Lipinski definition) is 4. The second kappa shape index (κ2) is 7.37. The Balaban J connectivity index is 0.00000208. The average molecular weight is 377 g/mol. The molecule has 0 spiro atoms. The topological polar surface area (TPSA) is 83.8 Å². The van der Waals surface area contributed by atoms with Crippen LogP contribution in [0.2, 0.25) is 0 Å². The first kappa shape index (κ1) is 21.0. The van der Waals surface area contributed by atoms with Gasteiger partial charge in [0.05, 0.1) is 12.7 Å². The molecule has 0 aliphatic heterocycles. The molecule has 5 nitrogen and oxygen atoms in total. The summed E-state index contributed by atoms with van der Waals surface area (Å²) in [5, 5.41) is 5.79. The molecule has 0 aromatic carbocycles. The first-order valence-electron chi connectivity index (χ1n) is 8.19. The second-order valence-electron chi connectivity index (χ2n) is 7.90. The summed E-state index contributed by atoms with van der Waals surface area (Å²) in [5.74, 6) is 2.20. The summed E-state index contributed by atoms with van der Waals surface area (Å²) in [6.07, 6.45) is 6.77. The fraction of sp³-hybridized carbons (Fsp3) is 1.00. The van der Waals surface area contributed by atoms with Crippen LogP contribution in [-0.2, 0) is 14.9 Å². The van der Waals surface area contributed by atoms with E-state index in [9.17, 15) is 22.3 Å². The van der Waals surface area contributed by atoms with Crippen LogP contribution in [0.5, 0.6) is 0 Å². The van der Waals surface area contributed by atoms with Gasteiger partial charge in [-0.2, -0.15) is 17.2 Å². The van der Waals surface area contributed by atoms with Crippen LogP contribution in [0.4, 0.5) is 8.78 Å². The number of alkyl halides is 2. The zero-order valence-electron chi connectivity index (χ0n) is 14.0. The molecule has 135 valence electrons. The Labute approximate surface area is 163 Å². The van der Waals surface area contributed by atoms with E-state index < -0.39 is 28.1 Å². The predicted molar refractivity (Wildman–Crippen MR) is 84.3 cm³/mol. The molecule has 4 aliphatic rings. The van der Waals surface area contributed by atoms with Gasteiger partial charge < -0.3 is 9.84 Å². The van der Waals surface area contributed by atoms with Crippen molar-refractivity contribution >= 4 is 39.7 Å². The third kappa shape index (κ3) is 4.50. The van der Waals surface area contributed by atoms with E-state index in [0.717, 1.165) is 37.0 Å². The van der Waals surface area contributed by atoms with E-state index in [1.54, 1.807) is 0 Å². The van der Waals surface area contributed by atoms with Gasteiger partial charge in [0, 0.05) is 29.6 Å². The molecule has 1 atom stereocenters. The molecule has 1 radical (unpaired) electrons. The first-order chi connectivity index (χ1) is 10.6. The van der Waals surface area contributed by atoms with E-state index in [2.05, 4.69) is 4.74 Å². The van der Waals surface area contributed by atoms with Crippen LogP contribution in [0.15, 0.2) is 0 Å². The Morgan fingerprint density at radius 2 is 1.58 bits per heavy atom. The smallest absolute Gasteiger partial charge is 0.391 e. The van der Waals surface area contributed by atoms with Crippen molar-refractivity contribution in [3.05, 3.63) is 0 Å². The third-order valence-corrected chi connectivity index (χ3v) is 6.66. The summed E-state index contributed by atoms with van der Waals surface area (Å²) < 4.78 is 60.2. The number of hydrogen-bond donors (Lipinski definition) is 2. The minimum Gasteiger partial charge on any atom is -0.391 e. The Bertz CT molecular complexity index is 519. The molecular weight excluding hydrogens is 353 g/mol. The quantitative estimate of drug-likeness (QED) is 0.524. The summed E-state index contributed by atoms with van der Waals surface area (Å²) in [7, 11) is -5.48. The van der Waals surface area contributed by atoms with Crippen molar-refractivity contribution in [1.82, 2.24) is 0 Å². The number of rotatable bonds is 7. The van der Waals surface area contributed by atoms with Crippen LogP contribution in [0, 0.1) is 23.2 Å². The number of ether oxygens (including phenoxy) is 1. The normalized spacial score (nSPS) is 36.4. The van der Waals surface area contributed by atoms with Crippen molar-refractivity contribution < 1.29 is 31.6 Å². The molecule has 0 saturated heterocycles. The van der Waals surface area contributed by atoms with Gasteiger partial charge in [-0.15, -0.1) is 0 Å². The molecule has 4 rings (SSSR count). The van der Waals surface area contributed by atoms with E-state index in [-0.39, 0.29) is 41.6 Å². The summed E-state index contributed by atoms with van der Waals surface area (Å²) >= 11 is 0. The predicted octanol–water partition coefficient (Wildman–Crippen LogP) is 2.07. The van der Waals surface area contributed by atoms with Gasteiger partial charge >= 0.3 is 15.4 Å². The van der Waals surface area contributed by atoms with Crippen LogP contribution in [0.3, 0.4) is 0 Å². The first-order valence-corrected chi connectivity index (χ1v) is 9.63. The van der Waals surface area contributed by atoms with Crippen LogP contribution in [-0.4, -0.2) is 72.2 Å². The fourth-order valence-corrected chi connectivity index (χ4v) is 5.72. The minimum atomic E-state index is -5.48. The molecule has 0 aromatic heterocycles. The molecule has 4 saturated carbocycles. The minimum absolute atomic E-state index is 0. The van der Waals surface area contributed by atoms with Crippen molar-refractivity contribution in [2.45, 2.75) is 56.3 Å². The molecule has 2 N–H and O–H groups in total. The molecular formula is C15H24F2NaO5S. The van der Waals surface area contributed by atoms with Gasteiger partial charge in [-0.25, -0.2) is 0 Å². The van der Waals surface area contributed by atoms with Gasteiger partial charge in [0.25, 0.3) is 0 Å². The van der Waals surface area contributed by atoms with Gasteiger partial charge in [-0.1, -0.05) is 0 Å². The van der Waals surface area contributed by atoms with Gasteiger partial charge in [-0.05, 0) is 68.1 Å². The Morgan fingerprint density at radius 1 is 1.12 bits per heavy atom. The average Bonchev–Trinajstić information content (AvgIpc) is 2.34. The molecule has 4 aliphatic carbocycles. The van der Waals surface area contributed by atoms with E-state index in [4.69, 9.17) is 4.55 Å². The number of halogens is 2.